The highest BCUT2D eigenvalue weighted by Crippen LogP contribution is 2.35. The first-order chi connectivity index (χ1) is 11.6. The molecule has 0 radical (unpaired) electrons. The Bertz CT molecular complexity index is 710. The maximum atomic E-state index is 12.7. The van der Waals surface area contributed by atoms with Gasteiger partial charge in [0, 0.05) is 25.2 Å². The van der Waals surface area contributed by atoms with Gasteiger partial charge in [0.25, 0.3) is 5.91 Å². The number of hydrogen-bond donors (Lipinski definition) is 0. The van der Waals surface area contributed by atoms with Gasteiger partial charge in [-0.05, 0) is 38.8 Å². The Morgan fingerprint density at radius 3 is 3.04 bits per heavy atom. The van der Waals surface area contributed by atoms with Crippen LogP contribution in [0, 0.1) is 12.8 Å². The average molecular weight is 329 g/mol. The van der Waals surface area contributed by atoms with Crippen molar-refractivity contribution in [2.45, 2.75) is 38.4 Å². The van der Waals surface area contributed by atoms with Gasteiger partial charge in [0.05, 0.1) is 18.4 Å². The van der Waals surface area contributed by atoms with Crippen LogP contribution in [-0.4, -0.2) is 62.7 Å². The van der Waals surface area contributed by atoms with Crippen LogP contribution >= 0.6 is 0 Å². The molecule has 0 spiro atoms. The largest absolute Gasteiger partial charge is 0.469 e. The number of likely N-dealkylation sites (tertiary alicyclic amines) is 2. The van der Waals surface area contributed by atoms with Crippen LogP contribution in [0.3, 0.4) is 0 Å². The van der Waals surface area contributed by atoms with Crippen molar-refractivity contribution in [2.75, 3.05) is 20.1 Å². The molecule has 0 saturated carbocycles. The number of nitrogens with zero attached hydrogens (tertiary/aromatic N) is 5. The van der Waals surface area contributed by atoms with E-state index in [4.69, 9.17) is 4.42 Å². The van der Waals surface area contributed by atoms with E-state index in [1.54, 1.807) is 25.0 Å². The molecule has 2 aliphatic heterocycles. The van der Waals surface area contributed by atoms with Crippen molar-refractivity contribution in [2.24, 2.45) is 5.92 Å². The lowest BCUT2D eigenvalue weighted by Gasteiger charge is -2.37. The maximum absolute atomic E-state index is 12.7. The summed E-state index contributed by atoms with van der Waals surface area (Å²) in [5.74, 6) is 1.32. The predicted octanol–water partition coefficient (Wildman–Crippen LogP) is 1.41. The van der Waals surface area contributed by atoms with Crippen LogP contribution in [0.5, 0.6) is 0 Å². The Hall–Kier alpha value is -2.15. The summed E-state index contributed by atoms with van der Waals surface area (Å²) >= 11 is 0. The van der Waals surface area contributed by atoms with Crippen LogP contribution in [0.15, 0.2) is 29.4 Å². The summed E-state index contributed by atoms with van der Waals surface area (Å²) in [7, 11) is 2.20. The molecule has 4 heterocycles. The molecule has 4 rings (SSSR count). The summed E-state index contributed by atoms with van der Waals surface area (Å²) < 4.78 is 7.18. The third-order valence-corrected chi connectivity index (χ3v) is 5.61. The Kier molecular flexibility index (Phi) is 3.88. The quantitative estimate of drug-likeness (QED) is 0.852. The summed E-state index contributed by atoms with van der Waals surface area (Å²) in [6.45, 7) is 4.34. The van der Waals surface area contributed by atoms with Crippen molar-refractivity contribution in [1.29, 1.82) is 0 Å². The second-order valence-electron chi connectivity index (χ2n) is 6.93. The first-order valence-corrected chi connectivity index (χ1v) is 8.51. The molecule has 7 nitrogen and oxygen atoms in total. The summed E-state index contributed by atoms with van der Waals surface area (Å²) in [5, 5.41) is 4.22. The van der Waals surface area contributed by atoms with Crippen LogP contribution in [0.25, 0.3) is 0 Å². The Balaban J connectivity index is 1.44. The van der Waals surface area contributed by atoms with E-state index < -0.39 is 0 Å². The highest BCUT2D eigenvalue weighted by atomic mass is 16.3. The molecule has 1 amide bonds. The molecule has 0 aromatic carbocycles. The van der Waals surface area contributed by atoms with Crippen molar-refractivity contribution in [3.63, 3.8) is 0 Å². The molecule has 0 bridgehead atoms. The minimum absolute atomic E-state index is 0.0991. The van der Waals surface area contributed by atoms with Crippen LogP contribution in [0.2, 0.25) is 0 Å². The fourth-order valence-electron chi connectivity index (χ4n) is 4.28. The van der Waals surface area contributed by atoms with E-state index in [2.05, 4.69) is 22.0 Å². The highest BCUT2D eigenvalue weighted by molar-refractivity contribution is 5.95. The monoisotopic (exact) mass is 329 g/mol. The number of piperidine rings is 1. The van der Waals surface area contributed by atoms with Gasteiger partial charge in [0.2, 0.25) is 0 Å². The predicted molar refractivity (Wildman–Crippen MR) is 87.4 cm³/mol. The number of amides is 1. The fourth-order valence-corrected chi connectivity index (χ4v) is 4.28. The van der Waals surface area contributed by atoms with Crippen LogP contribution < -0.4 is 0 Å². The van der Waals surface area contributed by atoms with Crippen molar-refractivity contribution >= 4 is 5.91 Å². The number of fused-ring (bicyclic) bond motifs is 1. The minimum atomic E-state index is 0.0991. The zero-order chi connectivity index (χ0) is 16.7. The molecule has 0 unspecified atom stereocenters. The first kappa shape index (κ1) is 15.4. The highest BCUT2D eigenvalue weighted by Gasteiger charge is 2.43. The number of aromatic nitrogens is 3. The van der Waals surface area contributed by atoms with Crippen molar-refractivity contribution < 1.29 is 9.21 Å². The number of rotatable bonds is 3. The fraction of sp³-hybridized carbons (Fsp3) is 0.588. The number of carbonyl (C=O) groups excluding carboxylic acids is 1. The van der Waals surface area contributed by atoms with E-state index in [1.165, 1.54) is 0 Å². The summed E-state index contributed by atoms with van der Waals surface area (Å²) in [4.78, 5) is 21.2. The normalized spacial score (nSPS) is 27.4. The van der Waals surface area contributed by atoms with Gasteiger partial charge in [0.15, 0.2) is 0 Å². The molecule has 128 valence electrons. The van der Waals surface area contributed by atoms with Gasteiger partial charge in [-0.2, -0.15) is 5.10 Å². The summed E-state index contributed by atoms with van der Waals surface area (Å²) in [5.41, 5.74) is 0.693. The van der Waals surface area contributed by atoms with Gasteiger partial charge in [-0.25, -0.2) is 4.98 Å². The standard InChI is InChI=1S/C17H23N5O2/c1-12-15(4-6-24-12)17(23)21-5-3-16-13(8-21)7-14(20(16)2)9-22-11-18-10-19-22/h4,6,10-11,13-14,16H,3,5,7-9H2,1-2H3/t13-,14+,16+/m1/s1. The molecule has 0 aliphatic carbocycles. The van der Waals surface area contributed by atoms with E-state index in [0.717, 1.165) is 32.5 Å². The number of furan rings is 1. The van der Waals surface area contributed by atoms with Gasteiger partial charge >= 0.3 is 0 Å². The van der Waals surface area contributed by atoms with Gasteiger partial charge < -0.3 is 9.32 Å². The van der Waals surface area contributed by atoms with Gasteiger partial charge in [-0.1, -0.05) is 0 Å². The smallest absolute Gasteiger partial charge is 0.257 e. The van der Waals surface area contributed by atoms with Gasteiger partial charge in [0.1, 0.15) is 18.4 Å². The molecule has 24 heavy (non-hydrogen) atoms. The third kappa shape index (κ3) is 2.62. The zero-order valence-electron chi connectivity index (χ0n) is 14.1. The molecule has 2 fully saturated rings. The molecule has 2 aromatic rings. The molecule has 2 saturated heterocycles. The van der Waals surface area contributed by atoms with Crippen molar-refractivity contribution in [3.8, 4) is 0 Å². The molecule has 2 aliphatic rings. The van der Waals surface area contributed by atoms with Crippen LogP contribution in [0.4, 0.5) is 0 Å². The number of carbonyl (C=O) groups is 1. The maximum Gasteiger partial charge on any atom is 0.257 e. The molecule has 0 N–H and O–H groups in total. The van der Waals surface area contributed by atoms with Gasteiger partial charge in [-0.3, -0.25) is 14.4 Å². The average Bonchev–Trinajstić information content (AvgIpc) is 3.29. The molecule has 2 aromatic heterocycles. The molecule has 7 heteroatoms. The SMILES string of the molecule is Cc1occc1C(=O)N1CC[C@H]2[C@H](C[C@@H](Cn3cncn3)N2C)C1. The Morgan fingerprint density at radius 1 is 1.46 bits per heavy atom. The van der Waals surface area contributed by atoms with E-state index in [9.17, 15) is 4.79 Å². The van der Waals surface area contributed by atoms with E-state index in [0.29, 0.717) is 29.3 Å². The van der Waals surface area contributed by atoms with E-state index in [1.807, 2.05) is 16.5 Å². The lowest BCUT2D eigenvalue weighted by molar-refractivity contribution is 0.0605. The summed E-state index contributed by atoms with van der Waals surface area (Å²) in [6, 6.07) is 2.78. The summed E-state index contributed by atoms with van der Waals surface area (Å²) in [6.07, 6.45) is 7.06. The lowest BCUT2D eigenvalue weighted by atomic mass is 9.91. The number of hydrogen-bond acceptors (Lipinski definition) is 5. The minimum Gasteiger partial charge on any atom is -0.469 e. The van der Waals surface area contributed by atoms with E-state index >= 15 is 0 Å². The Labute approximate surface area is 141 Å². The zero-order valence-corrected chi connectivity index (χ0v) is 14.1. The van der Waals surface area contributed by atoms with Crippen LogP contribution in [-0.2, 0) is 6.54 Å². The number of likely N-dealkylation sites (N-methyl/N-ethyl adjacent to an activating group) is 1. The molecular formula is C17H23N5O2. The molecule has 3 atom stereocenters. The van der Waals surface area contributed by atoms with E-state index in [-0.39, 0.29) is 5.91 Å². The van der Waals surface area contributed by atoms with Crippen LogP contribution in [0.1, 0.15) is 29.0 Å². The number of aryl methyl sites for hydroxylation is 1. The second kappa shape index (κ2) is 6.05. The first-order valence-electron chi connectivity index (χ1n) is 8.51. The third-order valence-electron chi connectivity index (χ3n) is 5.61. The topological polar surface area (TPSA) is 67.4 Å². The van der Waals surface area contributed by atoms with Crippen molar-refractivity contribution in [3.05, 3.63) is 36.3 Å². The molecular weight excluding hydrogens is 306 g/mol. The van der Waals surface area contributed by atoms with Gasteiger partial charge in [-0.15, -0.1) is 0 Å². The second-order valence-corrected chi connectivity index (χ2v) is 6.93. The Morgan fingerprint density at radius 2 is 2.33 bits per heavy atom. The lowest BCUT2D eigenvalue weighted by Crippen LogP contribution is -2.47. The van der Waals surface area contributed by atoms with Crippen molar-refractivity contribution in [1.82, 2.24) is 24.6 Å².